The molecule has 0 unspecified atom stereocenters. The third-order valence-electron chi connectivity index (χ3n) is 6.39. The molecule has 1 aromatic heterocycles. The SMILES string of the molecule is O=C1c2ccccc2C(=O)C1Cc1ccc(N(c2ccccc2)c2cccc3ccccc23)s1. The predicted molar refractivity (Wildman–Crippen MR) is 139 cm³/mol. The lowest BCUT2D eigenvalue weighted by Gasteiger charge is -2.25. The van der Waals surface area contributed by atoms with Crippen LogP contribution in [0.2, 0.25) is 0 Å². The number of para-hydroxylation sites is 1. The van der Waals surface area contributed by atoms with E-state index in [1.165, 1.54) is 10.8 Å². The van der Waals surface area contributed by atoms with Gasteiger partial charge in [-0.05, 0) is 42.1 Å². The molecular formula is C30H21NO2S. The number of hydrogen-bond donors (Lipinski definition) is 0. The van der Waals surface area contributed by atoms with E-state index in [0.29, 0.717) is 17.5 Å². The summed E-state index contributed by atoms with van der Waals surface area (Å²) in [6, 6.07) is 36.3. The van der Waals surface area contributed by atoms with Gasteiger partial charge >= 0.3 is 0 Å². The first-order chi connectivity index (χ1) is 16.7. The Morgan fingerprint density at radius 1 is 0.647 bits per heavy atom. The van der Waals surface area contributed by atoms with Crippen LogP contribution in [-0.2, 0) is 6.42 Å². The van der Waals surface area contributed by atoms with E-state index in [4.69, 9.17) is 0 Å². The third kappa shape index (κ3) is 3.44. The molecule has 0 aliphatic heterocycles. The van der Waals surface area contributed by atoms with E-state index in [-0.39, 0.29) is 11.6 Å². The topological polar surface area (TPSA) is 37.4 Å². The number of fused-ring (bicyclic) bond motifs is 2. The molecule has 4 aromatic carbocycles. The average molecular weight is 460 g/mol. The van der Waals surface area contributed by atoms with E-state index in [9.17, 15) is 9.59 Å². The fourth-order valence-corrected chi connectivity index (χ4v) is 5.84. The number of Topliss-reactive ketones (excluding diaryl/α,β-unsaturated/α-hetero) is 2. The van der Waals surface area contributed by atoms with Gasteiger partial charge in [-0.15, -0.1) is 11.3 Å². The first-order valence-electron chi connectivity index (χ1n) is 11.3. The zero-order valence-electron chi connectivity index (χ0n) is 18.3. The largest absolute Gasteiger partial charge is 0.301 e. The van der Waals surface area contributed by atoms with Crippen LogP contribution in [0.25, 0.3) is 10.8 Å². The second-order valence-electron chi connectivity index (χ2n) is 8.44. The van der Waals surface area contributed by atoms with Crippen molar-refractivity contribution in [1.82, 2.24) is 0 Å². The Hall–Kier alpha value is -4.02. The molecule has 34 heavy (non-hydrogen) atoms. The van der Waals surface area contributed by atoms with Crippen molar-refractivity contribution in [3.8, 4) is 0 Å². The van der Waals surface area contributed by atoms with Crippen molar-refractivity contribution in [3.05, 3.63) is 125 Å². The fraction of sp³-hybridized carbons (Fsp3) is 0.0667. The predicted octanol–water partition coefficient (Wildman–Crippen LogP) is 7.61. The minimum absolute atomic E-state index is 0.0653. The van der Waals surface area contributed by atoms with Crippen LogP contribution in [0.15, 0.2) is 109 Å². The van der Waals surface area contributed by atoms with Crippen LogP contribution in [0.4, 0.5) is 16.4 Å². The highest BCUT2D eigenvalue weighted by atomic mass is 32.1. The zero-order chi connectivity index (χ0) is 23.1. The molecule has 1 aliphatic rings. The van der Waals surface area contributed by atoms with Crippen LogP contribution in [0, 0.1) is 5.92 Å². The number of anilines is 3. The second kappa shape index (κ2) is 8.40. The Morgan fingerprint density at radius 2 is 1.29 bits per heavy atom. The van der Waals surface area contributed by atoms with Gasteiger partial charge in [0.1, 0.15) is 5.00 Å². The van der Waals surface area contributed by atoms with Gasteiger partial charge in [0.05, 0.1) is 11.6 Å². The molecule has 0 fully saturated rings. The molecule has 0 saturated heterocycles. The van der Waals surface area contributed by atoms with E-state index in [2.05, 4.69) is 65.6 Å². The fourth-order valence-electron chi connectivity index (χ4n) is 4.76. The molecule has 0 radical (unpaired) electrons. The highest BCUT2D eigenvalue weighted by Gasteiger charge is 2.38. The summed E-state index contributed by atoms with van der Waals surface area (Å²) >= 11 is 1.63. The summed E-state index contributed by atoms with van der Waals surface area (Å²) in [6.07, 6.45) is 0.426. The molecule has 4 heteroatoms. The van der Waals surface area contributed by atoms with Gasteiger partial charge in [0.15, 0.2) is 11.6 Å². The molecule has 0 saturated carbocycles. The lowest BCUT2D eigenvalue weighted by atomic mass is 9.99. The highest BCUT2D eigenvalue weighted by molar-refractivity contribution is 7.16. The number of benzene rings is 4. The van der Waals surface area contributed by atoms with Crippen molar-refractivity contribution in [3.63, 3.8) is 0 Å². The number of hydrogen-bond acceptors (Lipinski definition) is 4. The van der Waals surface area contributed by atoms with E-state index in [0.717, 1.165) is 21.3 Å². The van der Waals surface area contributed by atoms with Crippen LogP contribution in [-0.4, -0.2) is 11.6 Å². The summed E-state index contributed by atoms with van der Waals surface area (Å²) in [6.45, 7) is 0. The summed E-state index contributed by atoms with van der Waals surface area (Å²) in [4.78, 5) is 29.1. The van der Waals surface area contributed by atoms with Gasteiger partial charge in [-0.3, -0.25) is 9.59 Å². The molecule has 164 valence electrons. The average Bonchev–Trinajstić information content (AvgIpc) is 3.44. The highest BCUT2D eigenvalue weighted by Crippen LogP contribution is 2.42. The van der Waals surface area contributed by atoms with Gasteiger partial charge in [-0.1, -0.05) is 78.9 Å². The number of thiophene rings is 1. The maximum atomic E-state index is 12.9. The van der Waals surface area contributed by atoms with Crippen LogP contribution < -0.4 is 4.90 Å². The Morgan fingerprint density at radius 3 is 2.06 bits per heavy atom. The van der Waals surface area contributed by atoms with E-state index < -0.39 is 5.92 Å². The van der Waals surface area contributed by atoms with Crippen molar-refractivity contribution in [2.75, 3.05) is 4.90 Å². The van der Waals surface area contributed by atoms with Crippen molar-refractivity contribution in [2.45, 2.75) is 6.42 Å². The first-order valence-corrected chi connectivity index (χ1v) is 12.1. The molecule has 0 N–H and O–H groups in total. The van der Waals surface area contributed by atoms with Gasteiger partial charge in [0, 0.05) is 27.1 Å². The summed E-state index contributed by atoms with van der Waals surface area (Å²) in [5.41, 5.74) is 3.26. The van der Waals surface area contributed by atoms with E-state index in [1.807, 2.05) is 36.4 Å². The molecule has 0 atom stereocenters. The molecular weight excluding hydrogens is 438 g/mol. The maximum Gasteiger partial charge on any atom is 0.174 e. The lowest BCUT2D eigenvalue weighted by molar-refractivity contribution is 0.0839. The zero-order valence-corrected chi connectivity index (χ0v) is 19.2. The van der Waals surface area contributed by atoms with Crippen LogP contribution in [0.1, 0.15) is 25.6 Å². The van der Waals surface area contributed by atoms with Crippen molar-refractivity contribution < 1.29 is 9.59 Å². The molecule has 0 spiro atoms. The van der Waals surface area contributed by atoms with Gasteiger partial charge in [-0.25, -0.2) is 0 Å². The molecule has 5 aromatic rings. The van der Waals surface area contributed by atoms with E-state index >= 15 is 0 Å². The Kier molecular flexibility index (Phi) is 5.08. The smallest absolute Gasteiger partial charge is 0.174 e. The molecule has 1 heterocycles. The van der Waals surface area contributed by atoms with Crippen molar-refractivity contribution >= 4 is 50.1 Å². The second-order valence-corrected chi connectivity index (χ2v) is 9.59. The van der Waals surface area contributed by atoms with Crippen LogP contribution in [0.3, 0.4) is 0 Å². The Labute approximate surface area is 201 Å². The standard InChI is InChI=1S/C30H21NO2S/c32-29-24-14-6-7-15-25(24)30(33)26(29)19-22-17-18-28(34-22)31(21-11-2-1-3-12-21)27-16-8-10-20-9-4-5-13-23(20)27/h1-18,26H,19H2. The van der Waals surface area contributed by atoms with Gasteiger partial charge in [0.2, 0.25) is 0 Å². The minimum atomic E-state index is -0.633. The monoisotopic (exact) mass is 459 g/mol. The quantitative estimate of drug-likeness (QED) is 0.254. The Balaban J connectivity index is 1.39. The van der Waals surface area contributed by atoms with Gasteiger partial charge in [0.25, 0.3) is 0 Å². The van der Waals surface area contributed by atoms with Gasteiger partial charge < -0.3 is 4.90 Å². The minimum Gasteiger partial charge on any atom is -0.301 e. The summed E-state index contributed by atoms with van der Waals surface area (Å²) < 4.78 is 0. The van der Waals surface area contributed by atoms with Crippen LogP contribution in [0.5, 0.6) is 0 Å². The molecule has 0 amide bonds. The normalized spacial score (nSPS) is 13.4. The molecule has 1 aliphatic carbocycles. The number of carbonyl (C=O) groups is 2. The third-order valence-corrected chi connectivity index (χ3v) is 7.48. The van der Waals surface area contributed by atoms with E-state index in [1.54, 1.807) is 23.5 Å². The van der Waals surface area contributed by atoms with Gasteiger partial charge in [-0.2, -0.15) is 0 Å². The van der Waals surface area contributed by atoms with Crippen LogP contribution >= 0.6 is 11.3 Å². The maximum absolute atomic E-state index is 12.9. The number of rotatable bonds is 5. The molecule has 0 bridgehead atoms. The first kappa shape index (κ1) is 20.6. The summed E-state index contributed by atoms with van der Waals surface area (Å²) in [7, 11) is 0. The number of ketones is 2. The molecule has 3 nitrogen and oxygen atoms in total. The Bertz CT molecular complexity index is 1500. The van der Waals surface area contributed by atoms with Crippen molar-refractivity contribution in [2.24, 2.45) is 5.92 Å². The molecule has 6 rings (SSSR count). The summed E-state index contributed by atoms with van der Waals surface area (Å²) in [5.74, 6) is -0.763. The number of nitrogens with zero attached hydrogens (tertiary/aromatic N) is 1. The summed E-state index contributed by atoms with van der Waals surface area (Å²) in [5, 5.41) is 3.39. The number of carbonyl (C=O) groups excluding carboxylic acids is 2. The lowest BCUT2D eigenvalue weighted by Crippen LogP contribution is -2.17. The van der Waals surface area contributed by atoms with Crippen molar-refractivity contribution in [1.29, 1.82) is 0 Å².